The van der Waals surface area contributed by atoms with Crippen molar-refractivity contribution >= 4 is 41.3 Å². The number of methoxy groups -OCH3 is 1. The van der Waals surface area contributed by atoms with E-state index in [9.17, 15) is 0 Å². The minimum atomic E-state index is 0. The van der Waals surface area contributed by atoms with E-state index >= 15 is 0 Å². The number of guanidine groups is 1. The van der Waals surface area contributed by atoms with Gasteiger partial charge in [-0.1, -0.05) is 19.1 Å². The van der Waals surface area contributed by atoms with Crippen LogP contribution in [0.3, 0.4) is 0 Å². The Hall–Kier alpha value is -1.35. The van der Waals surface area contributed by atoms with Gasteiger partial charge in [-0.2, -0.15) is 0 Å². The summed E-state index contributed by atoms with van der Waals surface area (Å²) in [5, 5.41) is 7.68. The first-order valence-corrected chi connectivity index (χ1v) is 9.07. The quantitative estimate of drug-likeness (QED) is 0.363. The number of aliphatic imine (C=N–C) groups is 1. The second kappa shape index (κ2) is 11.3. The van der Waals surface area contributed by atoms with Crippen LogP contribution in [0.5, 0.6) is 5.75 Å². The summed E-state index contributed by atoms with van der Waals surface area (Å²) in [5.74, 6) is 1.66. The Bertz CT molecular complexity index is 687. The molecule has 7 heteroatoms. The summed E-state index contributed by atoms with van der Waals surface area (Å²) in [6, 6.07) is 6.18. The van der Waals surface area contributed by atoms with Crippen molar-refractivity contribution in [2.24, 2.45) is 4.99 Å². The Labute approximate surface area is 171 Å². The van der Waals surface area contributed by atoms with Crippen molar-refractivity contribution in [3.63, 3.8) is 0 Å². The molecule has 1 aromatic heterocycles. The molecule has 2 N–H and O–H groups in total. The van der Waals surface area contributed by atoms with Crippen LogP contribution in [0.1, 0.15) is 34.9 Å². The van der Waals surface area contributed by atoms with Crippen LogP contribution in [0.4, 0.5) is 0 Å². The number of halogens is 1. The number of ether oxygens (including phenoxy) is 1. The molecule has 0 spiro atoms. The summed E-state index contributed by atoms with van der Waals surface area (Å²) in [5.41, 5.74) is 2.25. The van der Waals surface area contributed by atoms with Gasteiger partial charge in [-0.25, -0.2) is 9.98 Å². The summed E-state index contributed by atoms with van der Waals surface area (Å²) in [4.78, 5) is 10.4. The first-order chi connectivity index (χ1) is 11.7. The third kappa shape index (κ3) is 6.81. The molecule has 0 amide bonds. The molecule has 0 fully saturated rings. The lowest BCUT2D eigenvalue weighted by atomic mass is 10.1. The molecule has 0 aliphatic rings. The van der Waals surface area contributed by atoms with E-state index in [2.05, 4.69) is 53.5 Å². The molecule has 0 aliphatic heterocycles. The van der Waals surface area contributed by atoms with Crippen LogP contribution in [0.2, 0.25) is 0 Å². The Balaban J connectivity index is 0.00000312. The van der Waals surface area contributed by atoms with Crippen LogP contribution in [0, 0.1) is 6.92 Å². The highest BCUT2D eigenvalue weighted by atomic mass is 127. The number of hydrogen-bond donors (Lipinski definition) is 2. The van der Waals surface area contributed by atoms with Gasteiger partial charge in [-0.15, -0.1) is 35.3 Å². The van der Waals surface area contributed by atoms with Crippen molar-refractivity contribution in [1.29, 1.82) is 0 Å². The molecule has 1 aromatic carbocycles. The molecule has 138 valence electrons. The number of benzene rings is 1. The fourth-order valence-electron chi connectivity index (χ4n) is 2.24. The van der Waals surface area contributed by atoms with Gasteiger partial charge in [0.2, 0.25) is 0 Å². The number of nitrogens with zero attached hydrogens (tertiary/aromatic N) is 2. The van der Waals surface area contributed by atoms with Crippen molar-refractivity contribution in [3.8, 4) is 5.75 Å². The van der Waals surface area contributed by atoms with Crippen LogP contribution >= 0.6 is 35.3 Å². The molecule has 2 rings (SSSR count). The van der Waals surface area contributed by atoms with Gasteiger partial charge in [0.25, 0.3) is 0 Å². The molecule has 5 nitrogen and oxygen atoms in total. The maximum absolute atomic E-state index is 5.44. The van der Waals surface area contributed by atoms with E-state index in [-0.39, 0.29) is 24.0 Å². The zero-order valence-electron chi connectivity index (χ0n) is 15.3. The van der Waals surface area contributed by atoms with Crippen molar-refractivity contribution in [3.05, 3.63) is 45.4 Å². The van der Waals surface area contributed by atoms with Gasteiger partial charge in [0.05, 0.1) is 20.2 Å². The average Bonchev–Trinajstić information content (AvgIpc) is 3.06. The lowest BCUT2D eigenvalue weighted by Crippen LogP contribution is -2.36. The second-order valence-corrected chi connectivity index (χ2v) is 6.64. The fourth-order valence-corrected chi connectivity index (χ4v) is 3.04. The maximum Gasteiger partial charge on any atom is 0.191 e. The van der Waals surface area contributed by atoms with Crippen molar-refractivity contribution in [2.75, 3.05) is 13.7 Å². The van der Waals surface area contributed by atoms with Gasteiger partial charge >= 0.3 is 0 Å². The Kier molecular flexibility index (Phi) is 9.81. The second-order valence-electron chi connectivity index (χ2n) is 5.44. The number of aryl methyl sites for hydroxylation is 2. The minimum Gasteiger partial charge on any atom is -0.496 e. The zero-order chi connectivity index (χ0) is 17.4. The lowest BCUT2D eigenvalue weighted by molar-refractivity contribution is 0.409. The Morgan fingerprint density at radius 1 is 1.28 bits per heavy atom. The highest BCUT2D eigenvalue weighted by Gasteiger charge is 2.05. The summed E-state index contributed by atoms with van der Waals surface area (Å²) in [6.07, 6.45) is 2.97. The van der Waals surface area contributed by atoms with Crippen LogP contribution in [-0.4, -0.2) is 24.6 Å². The first kappa shape index (κ1) is 21.7. The number of thiazole rings is 1. The van der Waals surface area contributed by atoms with Crippen LogP contribution in [0.15, 0.2) is 29.4 Å². The van der Waals surface area contributed by atoms with Crippen LogP contribution in [0.25, 0.3) is 0 Å². The first-order valence-electron chi connectivity index (χ1n) is 8.25. The zero-order valence-corrected chi connectivity index (χ0v) is 18.4. The lowest BCUT2D eigenvalue weighted by Gasteiger charge is -2.11. The highest BCUT2D eigenvalue weighted by Crippen LogP contribution is 2.20. The smallest absolute Gasteiger partial charge is 0.191 e. The van der Waals surface area contributed by atoms with Gasteiger partial charge in [0.15, 0.2) is 5.96 Å². The predicted molar refractivity (Wildman–Crippen MR) is 116 cm³/mol. The topological polar surface area (TPSA) is 58.5 Å². The number of rotatable bonds is 7. The normalized spacial score (nSPS) is 11.0. The largest absolute Gasteiger partial charge is 0.496 e. The fraction of sp³-hybridized carbons (Fsp3) is 0.444. The molecule has 0 bridgehead atoms. The molecular formula is C18H27IN4OS. The van der Waals surface area contributed by atoms with E-state index in [1.807, 2.05) is 12.3 Å². The molecule has 0 aliphatic carbocycles. The molecule has 0 saturated carbocycles. The van der Waals surface area contributed by atoms with E-state index in [0.717, 1.165) is 35.2 Å². The summed E-state index contributed by atoms with van der Waals surface area (Å²) < 4.78 is 5.44. The molecule has 2 aromatic rings. The third-order valence-corrected chi connectivity index (χ3v) is 4.69. The van der Waals surface area contributed by atoms with Gasteiger partial charge in [-0.05, 0) is 31.9 Å². The van der Waals surface area contributed by atoms with Crippen LogP contribution < -0.4 is 15.4 Å². The summed E-state index contributed by atoms with van der Waals surface area (Å²) in [7, 11) is 1.69. The number of aromatic nitrogens is 1. The Morgan fingerprint density at radius 2 is 2.08 bits per heavy atom. The molecule has 0 unspecified atom stereocenters. The standard InChI is InChI=1S/C18H26N4OS.HI/c1-5-15-11-20-17(24-15)12-22-18(19-6-2)21-10-14-8-7-13(3)9-16(14)23-4;/h7-9,11H,5-6,10,12H2,1-4H3,(H2,19,21,22);1H. The average molecular weight is 474 g/mol. The minimum absolute atomic E-state index is 0. The van der Waals surface area contributed by atoms with Crippen molar-refractivity contribution < 1.29 is 4.74 Å². The van der Waals surface area contributed by atoms with Gasteiger partial charge in [-0.3, -0.25) is 0 Å². The summed E-state index contributed by atoms with van der Waals surface area (Å²) >= 11 is 1.74. The van der Waals surface area contributed by atoms with E-state index in [1.54, 1.807) is 18.4 Å². The van der Waals surface area contributed by atoms with E-state index in [1.165, 1.54) is 10.4 Å². The summed E-state index contributed by atoms with van der Waals surface area (Å²) in [6.45, 7) is 8.32. The molecule has 0 saturated heterocycles. The molecule has 0 radical (unpaired) electrons. The molecule has 1 heterocycles. The number of hydrogen-bond acceptors (Lipinski definition) is 4. The van der Waals surface area contributed by atoms with Gasteiger partial charge in [0.1, 0.15) is 10.8 Å². The monoisotopic (exact) mass is 474 g/mol. The number of nitrogens with one attached hydrogen (secondary N) is 2. The SMILES string of the molecule is CCNC(=NCc1ccc(C)cc1OC)NCc1ncc(CC)s1.I. The van der Waals surface area contributed by atoms with E-state index < -0.39 is 0 Å². The predicted octanol–water partition coefficient (Wildman–Crippen LogP) is 3.90. The van der Waals surface area contributed by atoms with Gasteiger partial charge < -0.3 is 15.4 Å². The van der Waals surface area contributed by atoms with Gasteiger partial charge in [0, 0.05) is 23.2 Å². The molecular weight excluding hydrogens is 447 g/mol. The molecule has 25 heavy (non-hydrogen) atoms. The van der Waals surface area contributed by atoms with E-state index in [4.69, 9.17) is 4.74 Å². The highest BCUT2D eigenvalue weighted by molar-refractivity contribution is 14.0. The molecule has 0 atom stereocenters. The Morgan fingerprint density at radius 3 is 2.72 bits per heavy atom. The van der Waals surface area contributed by atoms with Crippen molar-refractivity contribution in [2.45, 2.75) is 40.3 Å². The maximum atomic E-state index is 5.44. The van der Waals surface area contributed by atoms with E-state index in [0.29, 0.717) is 13.1 Å². The third-order valence-electron chi connectivity index (χ3n) is 3.55. The van der Waals surface area contributed by atoms with Crippen LogP contribution in [-0.2, 0) is 19.5 Å². The van der Waals surface area contributed by atoms with Crippen molar-refractivity contribution in [1.82, 2.24) is 15.6 Å².